The topological polar surface area (TPSA) is 74.8 Å². The number of piperazine rings is 1. The molecule has 1 atom stereocenters. The summed E-state index contributed by atoms with van der Waals surface area (Å²) in [5.74, 6) is 0.697. The van der Waals surface area contributed by atoms with Gasteiger partial charge in [0.15, 0.2) is 0 Å². The fourth-order valence-corrected chi connectivity index (χ4v) is 3.18. The van der Waals surface area contributed by atoms with Gasteiger partial charge in [-0.15, -0.1) is 12.4 Å². The summed E-state index contributed by atoms with van der Waals surface area (Å²) < 4.78 is 4.96. The number of carbonyl (C=O) groups is 2. The third-order valence-electron chi connectivity index (χ3n) is 4.53. The Kier molecular flexibility index (Phi) is 7.01. The highest BCUT2D eigenvalue weighted by molar-refractivity contribution is 5.89. The summed E-state index contributed by atoms with van der Waals surface area (Å²) >= 11 is 0. The van der Waals surface area contributed by atoms with Gasteiger partial charge in [-0.3, -0.25) is 4.79 Å². The van der Waals surface area contributed by atoms with Gasteiger partial charge in [0, 0.05) is 32.4 Å². The van der Waals surface area contributed by atoms with Crippen molar-refractivity contribution in [1.29, 1.82) is 0 Å². The van der Waals surface area contributed by atoms with E-state index in [0.717, 1.165) is 38.3 Å². The molecule has 3 rings (SSSR count). The minimum Gasteiger partial charge on any atom is -0.462 e. The Morgan fingerprint density at radius 2 is 2.04 bits per heavy atom. The van der Waals surface area contributed by atoms with E-state index in [1.807, 2.05) is 11.0 Å². The number of nitrogens with one attached hydrogen (secondary N) is 1. The van der Waals surface area contributed by atoms with Crippen LogP contribution in [0.15, 0.2) is 18.3 Å². The number of nitrogens with zero attached hydrogens (tertiary/aromatic N) is 3. The fourth-order valence-electron chi connectivity index (χ4n) is 3.18. The average molecular weight is 369 g/mol. The number of ether oxygens (including phenoxy) is 1. The number of hydrogen-bond acceptors (Lipinski definition) is 6. The van der Waals surface area contributed by atoms with E-state index in [4.69, 9.17) is 4.74 Å². The second kappa shape index (κ2) is 9.01. The molecule has 1 N–H and O–H groups in total. The molecule has 0 aliphatic carbocycles. The van der Waals surface area contributed by atoms with E-state index in [1.165, 1.54) is 0 Å². The van der Waals surface area contributed by atoms with Gasteiger partial charge in [-0.25, -0.2) is 9.78 Å². The van der Waals surface area contributed by atoms with Crippen LogP contribution in [0.1, 0.15) is 30.1 Å². The van der Waals surface area contributed by atoms with Gasteiger partial charge in [-0.2, -0.15) is 0 Å². The Morgan fingerprint density at radius 3 is 2.60 bits per heavy atom. The maximum atomic E-state index is 12.4. The molecule has 2 fully saturated rings. The molecule has 1 aromatic rings. The van der Waals surface area contributed by atoms with Gasteiger partial charge in [0.2, 0.25) is 5.91 Å². The zero-order valence-corrected chi connectivity index (χ0v) is 15.3. The minimum atomic E-state index is -0.351. The summed E-state index contributed by atoms with van der Waals surface area (Å²) in [6.07, 6.45) is 3.57. The van der Waals surface area contributed by atoms with Crippen LogP contribution in [-0.2, 0) is 9.53 Å². The maximum absolute atomic E-state index is 12.4. The van der Waals surface area contributed by atoms with Gasteiger partial charge < -0.3 is 19.9 Å². The number of amides is 1. The normalized spacial score (nSPS) is 20.1. The molecule has 1 unspecified atom stereocenters. The van der Waals surface area contributed by atoms with Crippen LogP contribution >= 0.6 is 12.4 Å². The monoisotopic (exact) mass is 368 g/mol. The lowest BCUT2D eigenvalue weighted by molar-refractivity contribution is -0.133. The number of aromatic nitrogens is 1. The SMILES string of the molecule is CCOC(=O)c1ccc(N2CCN(C(=O)C3CCCN3)CC2)nc1.Cl. The first-order chi connectivity index (χ1) is 11.7. The highest BCUT2D eigenvalue weighted by atomic mass is 35.5. The summed E-state index contributed by atoms with van der Waals surface area (Å²) in [7, 11) is 0. The Hall–Kier alpha value is -1.86. The molecule has 2 aliphatic heterocycles. The zero-order chi connectivity index (χ0) is 16.9. The summed E-state index contributed by atoms with van der Waals surface area (Å²) in [6.45, 7) is 5.99. The molecule has 138 valence electrons. The number of hydrogen-bond donors (Lipinski definition) is 1. The smallest absolute Gasteiger partial charge is 0.339 e. The first-order valence-electron chi connectivity index (χ1n) is 8.59. The summed E-state index contributed by atoms with van der Waals surface area (Å²) in [6, 6.07) is 3.57. The first kappa shape index (κ1) is 19.5. The lowest BCUT2D eigenvalue weighted by atomic mass is 10.2. The first-order valence-corrected chi connectivity index (χ1v) is 8.59. The lowest BCUT2D eigenvalue weighted by Gasteiger charge is -2.36. The molecule has 0 bridgehead atoms. The van der Waals surface area contributed by atoms with Gasteiger partial charge in [0.25, 0.3) is 0 Å². The third-order valence-corrected chi connectivity index (χ3v) is 4.53. The van der Waals surface area contributed by atoms with Crippen molar-refractivity contribution in [3.05, 3.63) is 23.9 Å². The molecule has 0 aromatic carbocycles. The number of halogens is 1. The van der Waals surface area contributed by atoms with E-state index in [-0.39, 0.29) is 30.3 Å². The number of pyridine rings is 1. The molecule has 2 aliphatic rings. The van der Waals surface area contributed by atoms with E-state index in [2.05, 4.69) is 15.2 Å². The lowest BCUT2D eigenvalue weighted by Crippen LogP contribution is -2.53. The van der Waals surface area contributed by atoms with Crippen molar-refractivity contribution in [2.75, 3.05) is 44.2 Å². The average Bonchev–Trinajstić information content (AvgIpc) is 3.16. The molecule has 7 nitrogen and oxygen atoms in total. The maximum Gasteiger partial charge on any atom is 0.339 e. The van der Waals surface area contributed by atoms with Gasteiger partial charge in [0.05, 0.1) is 18.2 Å². The van der Waals surface area contributed by atoms with E-state index >= 15 is 0 Å². The second-order valence-corrected chi connectivity index (χ2v) is 6.09. The summed E-state index contributed by atoms with van der Waals surface area (Å²) in [5, 5.41) is 3.26. The zero-order valence-electron chi connectivity index (χ0n) is 14.4. The van der Waals surface area contributed by atoms with Crippen LogP contribution < -0.4 is 10.2 Å². The highest BCUT2D eigenvalue weighted by Gasteiger charge is 2.29. The van der Waals surface area contributed by atoms with Crippen LogP contribution in [0.2, 0.25) is 0 Å². The molecular formula is C17H25ClN4O3. The van der Waals surface area contributed by atoms with Gasteiger partial charge in [-0.05, 0) is 38.4 Å². The van der Waals surface area contributed by atoms with Crippen molar-refractivity contribution in [2.24, 2.45) is 0 Å². The van der Waals surface area contributed by atoms with E-state index in [9.17, 15) is 9.59 Å². The molecule has 0 radical (unpaired) electrons. The largest absolute Gasteiger partial charge is 0.462 e. The molecule has 0 spiro atoms. The molecule has 0 saturated carbocycles. The van der Waals surface area contributed by atoms with E-state index in [0.29, 0.717) is 25.3 Å². The van der Waals surface area contributed by atoms with Gasteiger partial charge >= 0.3 is 5.97 Å². The van der Waals surface area contributed by atoms with Gasteiger partial charge in [-0.1, -0.05) is 0 Å². The number of esters is 1. The minimum absolute atomic E-state index is 0. The predicted molar refractivity (Wildman–Crippen MR) is 97.3 cm³/mol. The van der Waals surface area contributed by atoms with Gasteiger partial charge in [0.1, 0.15) is 5.82 Å². The van der Waals surface area contributed by atoms with E-state index in [1.54, 1.807) is 19.2 Å². The molecule has 2 saturated heterocycles. The Morgan fingerprint density at radius 1 is 1.28 bits per heavy atom. The van der Waals surface area contributed by atoms with Crippen molar-refractivity contribution < 1.29 is 14.3 Å². The number of anilines is 1. The van der Waals surface area contributed by atoms with Crippen molar-refractivity contribution in [1.82, 2.24) is 15.2 Å². The van der Waals surface area contributed by atoms with Crippen molar-refractivity contribution in [3.63, 3.8) is 0 Å². The molecule has 1 aromatic heterocycles. The van der Waals surface area contributed by atoms with E-state index < -0.39 is 0 Å². The molecule has 1 amide bonds. The second-order valence-electron chi connectivity index (χ2n) is 6.09. The Balaban J connectivity index is 0.00000225. The summed E-state index contributed by atoms with van der Waals surface area (Å²) in [5.41, 5.74) is 0.460. The van der Waals surface area contributed by atoms with Crippen LogP contribution in [0, 0.1) is 0 Å². The molecule has 3 heterocycles. The number of rotatable bonds is 4. The van der Waals surface area contributed by atoms with Crippen molar-refractivity contribution in [3.8, 4) is 0 Å². The third kappa shape index (κ3) is 4.61. The summed E-state index contributed by atoms with van der Waals surface area (Å²) in [4.78, 5) is 32.5. The standard InChI is InChI=1S/C17H24N4O3.ClH/c1-2-24-17(23)13-5-6-15(19-12-13)20-8-10-21(11-9-20)16(22)14-4-3-7-18-14;/h5-6,12,14,18H,2-4,7-11H2,1H3;1H. The fraction of sp³-hybridized carbons (Fsp3) is 0.588. The Labute approximate surface area is 154 Å². The van der Waals surface area contributed by atoms with Crippen LogP contribution in [0.25, 0.3) is 0 Å². The quantitative estimate of drug-likeness (QED) is 0.802. The predicted octanol–water partition coefficient (Wildman–Crippen LogP) is 1.08. The number of carbonyl (C=O) groups excluding carboxylic acids is 2. The molecule has 8 heteroatoms. The van der Waals surface area contributed by atoms with Crippen LogP contribution in [-0.4, -0.2) is 67.1 Å². The van der Waals surface area contributed by atoms with Crippen LogP contribution in [0.5, 0.6) is 0 Å². The molecule has 25 heavy (non-hydrogen) atoms. The Bertz CT molecular complexity index is 582. The van der Waals surface area contributed by atoms with Crippen LogP contribution in [0.3, 0.4) is 0 Å². The highest BCUT2D eigenvalue weighted by Crippen LogP contribution is 2.16. The van der Waals surface area contributed by atoms with Crippen molar-refractivity contribution in [2.45, 2.75) is 25.8 Å². The van der Waals surface area contributed by atoms with Crippen molar-refractivity contribution >= 4 is 30.1 Å². The van der Waals surface area contributed by atoms with Crippen LogP contribution in [0.4, 0.5) is 5.82 Å². The molecular weight excluding hydrogens is 344 g/mol.